The van der Waals surface area contributed by atoms with Gasteiger partial charge in [0, 0.05) is 13.1 Å². The molecule has 5 heteroatoms. The Labute approximate surface area is 88.4 Å². The van der Waals surface area contributed by atoms with Gasteiger partial charge in [-0.25, -0.2) is 4.79 Å². The topological polar surface area (TPSA) is 56.1 Å². The smallest absolute Gasteiger partial charge is 0.341 e. The summed E-state index contributed by atoms with van der Waals surface area (Å²) in [5.74, 6) is -0.284. The van der Waals surface area contributed by atoms with E-state index >= 15 is 0 Å². The van der Waals surface area contributed by atoms with Crippen molar-refractivity contribution < 1.29 is 9.53 Å². The SMILES string of the molecule is CCOC(=O)c1cnn(C2CNC2)c1C. The minimum absolute atomic E-state index is 0.284. The fraction of sp³-hybridized carbons (Fsp3) is 0.600. The van der Waals surface area contributed by atoms with E-state index in [1.807, 2.05) is 11.6 Å². The maximum absolute atomic E-state index is 11.5. The molecule has 0 spiro atoms. The van der Waals surface area contributed by atoms with Crippen molar-refractivity contribution in [2.75, 3.05) is 19.7 Å². The van der Waals surface area contributed by atoms with Crippen molar-refractivity contribution >= 4 is 5.97 Å². The van der Waals surface area contributed by atoms with Crippen LogP contribution < -0.4 is 5.32 Å². The quantitative estimate of drug-likeness (QED) is 0.737. The maximum Gasteiger partial charge on any atom is 0.341 e. The maximum atomic E-state index is 11.5. The predicted molar refractivity (Wildman–Crippen MR) is 54.8 cm³/mol. The van der Waals surface area contributed by atoms with Crippen LogP contribution in [-0.4, -0.2) is 35.4 Å². The van der Waals surface area contributed by atoms with Crippen LogP contribution in [0, 0.1) is 6.92 Å². The van der Waals surface area contributed by atoms with E-state index in [0.717, 1.165) is 18.8 Å². The number of carbonyl (C=O) groups is 1. The van der Waals surface area contributed by atoms with Gasteiger partial charge in [-0.1, -0.05) is 0 Å². The number of hydrogen-bond donors (Lipinski definition) is 1. The van der Waals surface area contributed by atoms with Gasteiger partial charge in [-0.15, -0.1) is 0 Å². The van der Waals surface area contributed by atoms with Crippen molar-refractivity contribution in [1.82, 2.24) is 15.1 Å². The average Bonchev–Trinajstić information content (AvgIpc) is 2.46. The van der Waals surface area contributed by atoms with E-state index in [1.54, 1.807) is 13.1 Å². The van der Waals surface area contributed by atoms with Gasteiger partial charge in [0.25, 0.3) is 0 Å². The highest BCUT2D eigenvalue weighted by Gasteiger charge is 2.24. The highest BCUT2D eigenvalue weighted by molar-refractivity contribution is 5.90. The monoisotopic (exact) mass is 209 g/mol. The Morgan fingerprint density at radius 1 is 1.73 bits per heavy atom. The predicted octanol–water partition coefficient (Wildman–Crippen LogP) is 0.513. The van der Waals surface area contributed by atoms with Gasteiger partial charge in [-0.2, -0.15) is 5.10 Å². The molecule has 82 valence electrons. The highest BCUT2D eigenvalue weighted by Crippen LogP contribution is 2.17. The first-order valence-electron chi connectivity index (χ1n) is 5.16. The van der Waals surface area contributed by atoms with Gasteiger partial charge >= 0.3 is 5.97 Å². The van der Waals surface area contributed by atoms with Crippen molar-refractivity contribution in [1.29, 1.82) is 0 Å². The first-order valence-corrected chi connectivity index (χ1v) is 5.16. The lowest BCUT2D eigenvalue weighted by Gasteiger charge is -2.28. The van der Waals surface area contributed by atoms with E-state index in [0.29, 0.717) is 18.2 Å². The minimum Gasteiger partial charge on any atom is -0.462 e. The molecule has 0 unspecified atom stereocenters. The van der Waals surface area contributed by atoms with Gasteiger partial charge < -0.3 is 10.1 Å². The molecule has 1 saturated heterocycles. The molecule has 0 amide bonds. The normalized spacial score (nSPS) is 16.1. The second-order valence-electron chi connectivity index (χ2n) is 3.62. The molecular formula is C10H15N3O2. The molecular weight excluding hydrogens is 194 g/mol. The van der Waals surface area contributed by atoms with Crippen LogP contribution in [0.15, 0.2) is 6.20 Å². The molecule has 0 aliphatic carbocycles. The van der Waals surface area contributed by atoms with E-state index in [2.05, 4.69) is 10.4 Å². The van der Waals surface area contributed by atoms with Crippen molar-refractivity contribution in [3.63, 3.8) is 0 Å². The van der Waals surface area contributed by atoms with E-state index in [9.17, 15) is 4.79 Å². The van der Waals surface area contributed by atoms with Crippen molar-refractivity contribution in [2.24, 2.45) is 0 Å². The van der Waals surface area contributed by atoms with Crippen LogP contribution in [0.4, 0.5) is 0 Å². The third kappa shape index (κ3) is 1.74. The van der Waals surface area contributed by atoms with Crippen LogP contribution in [0.1, 0.15) is 29.0 Å². The van der Waals surface area contributed by atoms with Crippen molar-refractivity contribution in [3.8, 4) is 0 Å². The molecule has 1 aromatic rings. The summed E-state index contributed by atoms with van der Waals surface area (Å²) >= 11 is 0. The summed E-state index contributed by atoms with van der Waals surface area (Å²) < 4.78 is 6.84. The van der Waals surface area contributed by atoms with Crippen LogP contribution >= 0.6 is 0 Å². The number of hydrogen-bond acceptors (Lipinski definition) is 4. The van der Waals surface area contributed by atoms with E-state index in [-0.39, 0.29) is 5.97 Å². The Morgan fingerprint density at radius 3 is 3.00 bits per heavy atom. The molecule has 1 fully saturated rings. The minimum atomic E-state index is -0.284. The number of ether oxygens (including phenoxy) is 1. The molecule has 0 atom stereocenters. The lowest BCUT2D eigenvalue weighted by atomic mass is 10.1. The number of carbonyl (C=O) groups excluding carboxylic acids is 1. The number of esters is 1. The summed E-state index contributed by atoms with van der Waals surface area (Å²) in [6.07, 6.45) is 1.59. The number of nitrogens with one attached hydrogen (secondary N) is 1. The first kappa shape index (κ1) is 10.2. The summed E-state index contributed by atoms with van der Waals surface area (Å²) in [7, 11) is 0. The Morgan fingerprint density at radius 2 is 2.47 bits per heavy atom. The lowest BCUT2D eigenvalue weighted by molar-refractivity contribution is 0.0525. The fourth-order valence-corrected chi connectivity index (χ4v) is 1.65. The van der Waals surface area contributed by atoms with Gasteiger partial charge in [0.2, 0.25) is 0 Å². The zero-order valence-electron chi connectivity index (χ0n) is 8.99. The molecule has 15 heavy (non-hydrogen) atoms. The molecule has 0 bridgehead atoms. The summed E-state index contributed by atoms with van der Waals surface area (Å²) in [6.45, 7) is 5.94. The Kier molecular flexibility index (Phi) is 2.73. The summed E-state index contributed by atoms with van der Waals surface area (Å²) in [5.41, 5.74) is 1.46. The van der Waals surface area contributed by atoms with Crippen molar-refractivity contribution in [3.05, 3.63) is 17.5 Å². The molecule has 5 nitrogen and oxygen atoms in total. The molecule has 2 heterocycles. The van der Waals surface area contributed by atoms with E-state index in [1.165, 1.54) is 0 Å². The molecule has 0 aromatic carbocycles. The molecule has 2 rings (SSSR count). The standard InChI is InChI=1S/C10H15N3O2/c1-3-15-10(14)9-6-12-13(7(9)2)8-4-11-5-8/h6,8,11H,3-5H2,1-2H3. The zero-order chi connectivity index (χ0) is 10.8. The molecule has 1 aliphatic heterocycles. The largest absolute Gasteiger partial charge is 0.462 e. The van der Waals surface area contributed by atoms with Crippen LogP contribution in [-0.2, 0) is 4.74 Å². The summed E-state index contributed by atoms with van der Waals surface area (Å²) in [6, 6.07) is 0.383. The Hall–Kier alpha value is -1.36. The van der Waals surface area contributed by atoms with Gasteiger partial charge in [0.15, 0.2) is 0 Å². The lowest BCUT2D eigenvalue weighted by Crippen LogP contribution is -2.44. The molecule has 0 radical (unpaired) electrons. The average molecular weight is 209 g/mol. The molecule has 1 aromatic heterocycles. The van der Waals surface area contributed by atoms with Crippen LogP contribution in [0.3, 0.4) is 0 Å². The number of nitrogens with zero attached hydrogens (tertiary/aromatic N) is 2. The van der Waals surface area contributed by atoms with E-state index in [4.69, 9.17) is 4.74 Å². The van der Waals surface area contributed by atoms with Gasteiger partial charge in [-0.3, -0.25) is 4.68 Å². The van der Waals surface area contributed by atoms with Gasteiger partial charge in [-0.05, 0) is 13.8 Å². The van der Waals surface area contributed by atoms with Crippen LogP contribution in [0.2, 0.25) is 0 Å². The third-order valence-corrected chi connectivity index (χ3v) is 2.65. The van der Waals surface area contributed by atoms with Gasteiger partial charge in [0.1, 0.15) is 5.56 Å². The fourth-order valence-electron chi connectivity index (χ4n) is 1.65. The van der Waals surface area contributed by atoms with E-state index < -0.39 is 0 Å². The van der Waals surface area contributed by atoms with Crippen LogP contribution in [0.25, 0.3) is 0 Å². The summed E-state index contributed by atoms with van der Waals surface area (Å²) in [4.78, 5) is 11.5. The third-order valence-electron chi connectivity index (χ3n) is 2.65. The molecule has 1 N–H and O–H groups in total. The Bertz CT molecular complexity index is 369. The van der Waals surface area contributed by atoms with Crippen molar-refractivity contribution in [2.45, 2.75) is 19.9 Å². The highest BCUT2D eigenvalue weighted by atomic mass is 16.5. The second kappa shape index (κ2) is 4.02. The van der Waals surface area contributed by atoms with Gasteiger partial charge in [0.05, 0.1) is 24.5 Å². The number of rotatable bonds is 3. The Balaban J connectivity index is 2.19. The van der Waals surface area contributed by atoms with Crippen LogP contribution in [0.5, 0.6) is 0 Å². The second-order valence-corrected chi connectivity index (χ2v) is 3.62. The zero-order valence-corrected chi connectivity index (χ0v) is 8.99. The molecule has 0 saturated carbocycles. The number of aromatic nitrogens is 2. The first-order chi connectivity index (χ1) is 7.24. The molecule has 1 aliphatic rings. The summed E-state index contributed by atoms with van der Waals surface area (Å²) in [5, 5.41) is 7.39.